The van der Waals surface area contributed by atoms with E-state index in [0.29, 0.717) is 11.6 Å². The van der Waals surface area contributed by atoms with Crippen molar-refractivity contribution in [1.29, 1.82) is 0 Å². The molecule has 0 aliphatic heterocycles. The van der Waals surface area contributed by atoms with E-state index in [4.69, 9.17) is 5.11 Å². The van der Waals surface area contributed by atoms with E-state index in [1.807, 2.05) is 28.8 Å². The second-order valence-corrected chi connectivity index (χ2v) is 4.64. The molecule has 0 aliphatic carbocycles. The summed E-state index contributed by atoms with van der Waals surface area (Å²) in [5.41, 5.74) is 1.64. The molecule has 0 radical (unpaired) electrons. The van der Waals surface area contributed by atoms with E-state index in [1.54, 1.807) is 6.08 Å². The van der Waals surface area contributed by atoms with Gasteiger partial charge in [-0.1, -0.05) is 19.9 Å². The number of carboxylic acid groups (broad SMARTS) is 1. The largest absolute Gasteiger partial charge is 0.478 e. The summed E-state index contributed by atoms with van der Waals surface area (Å²) in [7, 11) is 0. The maximum Gasteiger partial charge on any atom is 0.328 e. The fraction of sp³-hybridized carbons (Fsp3) is 0.286. The molecule has 0 unspecified atom stereocenters. The first-order valence-electron chi connectivity index (χ1n) is 5.95. The molecule has 0 aromatic carbocycles. The molecule has 2 aromatic heterocycles. The molecule has 0 saturated carbocycles. The molecule has 4 nitrogen and oxygen atoms in total. The van der Waals surface area contributed by atoms with E-state index in [2.05, 4.69) is 18.8 Å². The number of aromatic nitrogens is 2. The van der Waals surface area contributed by atoms with E-state index in [9.17, 15) is 4.79 Å². The average molecular weight is 244 g/mol. The Hall–Kier alpha value is -2.10. The van der Waals surface area contributed by atoms with Gasteiger partial charge in [0.1, 0.15) is 5.82 Å². The van der Waals surface area contributed by atoms with Crippen LogP contribution in [0.1, 0.15) is 25.4 Å². The molecule has 0 amide bonds. The maximum atomic E-state index is 10.6. The molecule has 2 heterocycles. The number of hydrogen-bond acceptors (Lipinski definition) is 2. The van der Waals surface area contributed by atoms with Crippen LogP contribution in [0.5, 0.6) is 0 Å². The van der Waals surface area contributed by atoms with Gasteiger partial charge in [0, 0.05) is 18.7 Å². The van der Waals surface area contributed by atoms with Crippen molar-refractivity contribution in [2.75, 3.05) is 0 Å². The smallest absolute Gasteiger partial charge is 0.328 e. The summed E-state index contributed by atoms with van der Waals surface area (Å²) < 4.78 is 2.02. The van der Waals surface area contributed by atoms with Gasteiger partial charge >= 0.3 is 5.97 Å². The summed E-state index contributed by atoms with van der Waals surface area (Å²) in [5.74, 6) is 0.509. The quantitative estimate of drug-likeness (QED) is 0.841. The molecule has 0 fully saturated rings. The third-order valence-corrected chi connectivity index (χ3v) is 2.62. The number of carboxylic acids is 1. The van der Waals surface area contributed by atoms with Crippen molar-refractivity contribution in [3.63, 3.8) is 0 Å². The molecule has 1 N–H and O–H groups in total. The summed E-state index contributed by atoms with van der Waals surface area (Å²) in [6.45, 7) is 4.27. The van der Waals surface area contributed by atoms with Crippen molar-refractivity contribution in [2.24, 2.45) is 5.92 Å². The molecule has 0 bridgehead atoms. The van der Waals surface area contributed by atoms with Gasteiger partial charge in [0.15, 0.2) is 0 Å². The lowest BCUT2D eigenvalue weighted by Gasteiger charge is -2.03. The zero-order chi connectivity index (χ0) is 13.1. The monoisotopic (exact) mass is 244 g/mol. The number of nitrogens with zero attached hydrogens (tertiary/aromatic N) is 2. The Bertz CT molecular complexity index is 597. The Labute approximate surface area is 106 Å². The molecule has 2 aromatic rings. The summed E-state index contributed by atoms with van der Waals surface area (Å²) in [6, 6.07) is 5.82. The van der Waals surface area contributed by atoms with E-state index in [-0.39, 0.29) is 0 Å². The van der Waals surface area contributed by atoms with Crippen LogP contribution in [0.3, 0.4) is 0 Å². The number of aliphatic carboxylic acids is 1. The maximum absolute atomic E-state index is 10.6. The van der Waals surface area contributed by atoms with Crippen molar-refractivity contribution in [3.05, 3.63) is 42.0 Å². The van der Waals surface area contributed by atoms with Crippen molar-refractivity contribution in [3.8, 4) is 0 Å². The molecule has 0 spiro atoms. The van der Waals surface area contributed by atoms with Crippen LogP contribution < -0.4 is 0 Å². The fourth-order valence-electron chi connectivity index (χ4n) is 1.91. The second kappa shape index (κ2) is 5.04. The van der Waals surface area contributed by atoms with E-state index in [0.717, 1.165) is 23.8 Å². The van der Waals surface area contributed by atoms with Crippen LogP contribution in [-0.2, 0) is 11.2 Å². The van der Waals surface area contributed by atoms with E-state index < -0.39 is 5.97 Å². The van der Waals surface area contributed by atoms with Gasteiger partial charge in [-0.3, -0.25) is 0 Å². The Morgan fingerprint density at radius 1 is 1.50 bits per heavy atom. The molecular formula is C14H16N2O2. The first-order chi connectivity index (χ1) is 8.58. The summed E-state index contributed by atoms with van der Waals surface area (Å²) in [6.07, 6.45) is 5.49. The summed E-state index contributed by atoms with van der Waals surface area (Å²) in [5, 5.41) is 8.68. The van der Waals surface area contributed by atoms with Crippen LogP contribution in [0.15, 0.2) is 30.5 Å². The van der Waals surface area contributed by atoms with Crippen molar-refractivity contribution >= 4 is 17.6 Å². The zero-order valence-corrected chi connectivity index (χ0v) is 10.5. The number of carbonyl (C=O) groups is 1. The Morgan fingerprint density at radius 3 is 2.94 bits per heavy atom. The molecule has 18 heavy (non-hydrogen) atoms. The Morgan fingerprint density at radius 2 is 2.28 bits per heavy atom. The Balaban J connectivity index is 2.50. The number of fused-ring (bicyclic) bond motifs is 1. The minimum Gasteiger partial charge on any atom is -0.478 e. The molecular weight excluding hydrogens is 228 g/mol. The predicted molar refractivity (Wildman–Crippen MR) is 70.4 cm³/mol. The molecule has 4 heteroatoms. The fourth-order valence-corrected chi connectivity index (χ4v) is 1.91. The minimum absolute atomic E-state index is 0.507. The lowest BCUT2D eigenvalue weighted by Crippen LogP contribution is -1.99. The number of rotatable bonds is 4. The van der Waals surface area contributed by atoms with Crippen LogP contribution in [0.4, 0.5) is 0 Å². The topological polar surface area (TPSA) is 54.6 Å². The van der Waals surface area contributed by atoms with Gasteiger partial charge in [0.2, 0.25) is 0 Å². The third-order valence-electron chi connectivity index (χ3n) is 2.62. The molecule has 0 aliphatic rings. The lowest BCUT2D eigenvalue weighted by atomic mass is 10.1. The average Bonchev–Trinajstić information content (AvgIpc) is 2.65. The van der Waals surface area contributed by atoms with Gasteiger partial charge < -0.3 is 9.51 Å². The third kappa shape index (κ3) is 2.59. The van der Waals surface area contributed by atoms with Gasteiger partial charge in [-0.2, -0.15) is 0 Å². The van der Waals surface area contributed by atoms with Crippen LogP contribution in [-0.4, -0.2) is 20.5 Å². The second-order valence-electron chi connectivity index (χ2n) is 4.64. The first kappa shape index (κ1) is 12.4. The molecule has 0 saturated heterocycles. The highest BCUT2D eigenvalue weighted by Crippen LogP contribution is 2.17. The summed E-state index contributed by atoms with van der Waals surface area (Å²) >= 11 is 0. The highest BCUT2D eigenvalue weighted by molar-refractivity contribution is 5.86. The summed E-state index contributed by atoms with van der Waals surface area (Å²) in [4.78, 5) is 15.1. The highest BCUT2D eigenvalue weighted by Gasteiger charge is 2.09. The van der Waals surface area contributed by atoms with Gasteiger partial charge in [-0.25, -0.2) is 9.78 Å². The van der Waals surface area contributed by atoms with Crippen LogP contribution in [0.25, 0.3) is 11.6 Å². The standard InChI is InChI=1S/C14H16N2O2/c1-10(2)9-13-15-11(6-7-14(17)18)12-5-3-4-8-16(12)13/h3-8,10H,9H2,1-2H3,(H,17,18)/b7-6+. The van der Waals surface area contributed by atoms with Gasteiger partial charge in [0.25, 0.3) is 0 Å². The number of pyridine rings is 1. The Kier molecular flexibility index (Phi) is 3.46. The number of imidazole rings is 1. The van der Waals surface area contributed by atoms with E-state index >= 15 is 0 Å². The first-order valence-corrected chi connectivity index (χ1v) is 5.95. The lowest BCUT2D eigenvalue weighted by molar-refractivity contribution is -0.131. The van der Waals surface area contributed by atoms with Gasteiger partial charge in [-0.15, -0.1) is 0 Å². The molecule has 0 atom stereocenters. The molecule has 2 rings (SSSR count). The normalized spacial score (nSPS) is 11.7. The van der Waals surface area contributed by atoms with Crippen molar-refractivity contribution in [2.45, 2.75) is 20.3 Å². The van der Waals surface area contributed by atoms with Crippen LogP contribution >= 0.6 is 0 Å². The molecule has 94 valence electrons. The van der Waals surface area contributed by atoms with E-state index in [1.165, 1.54) is 0 Å². The van der Waals surface area contributed by atoms with Crippen LogP contribution in [0, 0.1) is 5.92 Å². The number of hydrogen-bond donors (Lipinski definition) is 1. The minimum atomic E-state index is -0.961. The van der Waals surface area contributed by atoms with Crippen LogP contribution in [0.2, 0.25) is 0 Å². The van der Waals surface area contributed by atoms with Crippen molar-refractivity contribution < 1.29 is 9.90 Å². The van der Waals surface area contributed by atoms with Gasteiger partial charge in [-0.05, 0) is 24.1 Å². The highest BCUT2D eigenvalue weighted by atomic mass is 16.4. The van der Waals surface area contributed by atoms with Gasteiger partial charge in [0.05, 0.1) is 11.2 Å². The SMILES string of the molecule is CC(C)Cc1nc(/C=C/C(=O)O)c2ccccn12. The predicted octanol–water partition coefficient (Wildman–Crippen LogP) is 2.63. The zero-order valence-electron chi connectivity index (χ0n) is 10.5. The van der Waals surface area contributed by atoms with Crippen molar-refractivity contribution in [1.82, 2.24) is 9.38 Å².